The van der Waals surface area contributed by atoms with Crippen LogP contribution in [0.4, 0.5) is 0 Å². The molecule has 2 aromatic rings. The lowest BCUT2D eigenvalue weighted by atomic mass is 9.89. The number of hydrogen-bond acceptors (Lipinski definition) is 2. The topological polar surface area (TPSA) is 44.0 Å². The van der Waals surface area contributed by atoms with Crippen LogP contribution in [0, 0.1) is 11.3 Å². The van der Waals surface area contributed by atoms with Crippen LogP contribution in [0.15, 0.2) is 48.6 Å². The summed E-state index contributed by atoms with van der Waals surface area (Å²) in [4.78, 5) is 0. The van der Waals surface area contributed by atoms with Gasteiger partial charge >= 0.3 is 0 Å². The maximum absolute atomic E-state index is 9.52. The molecule has 0 bridgehead atoms. The number of phenolic OH excluding ortho intramolecular Hbond substituents is 1. The van der Waals surface area contributed by atoms with E-state index in [1.807, 2.05) is 25.1 Å². The van der Waals surface area contributed by atoms with E-state index >= 15 is 0 Å². The average molecular weight is 291 g/mol. The van der Waals surface area contributed by atoms with E-state index in [2.05, 4.69) is 25.6 Å². The summed E-state index contributed by atoms with van der Waals surface area (Å²) in [6, 6.07) is 13.6. The third kappa shape index (κ3) is 3.56. The van der Waals surface area contributed by atoms with Crippen molar-refractivity contribution in [3.05, 3.63) is 65.2 Å². The van der Waals surface area contributed by atoms with Gasteiger partial charge in [-0.15, -0.1) is 0 Å². The van der Waals surface area contributed by atoms with Crippen LogP contribution in [0.2, 0.25) is 0 Å². The summed E-state index contributed by atoms with van der Waals surface area (Å²) in [5.41, 5.74) is 6.01. The van der Waals surface area contributed by atoms with Gasteiger partial charge in [0.1, 0.15) is 5.75 Å². The van der Waals surface area contributed by atoms with Gasteiger partial charge in [0, 0.05) is 0 Å². The summed E-state index contributed by atoms with van der Waals surface area (Å²) in [5.74, 6) is 0.246. The number of rotatable bonds is 5. The SMILES string of the molecule is C=C(C)Cc1c(C#N)cc(CCC)cc1-c1ccc(O)cc1. The van der Waals surface area contributed by atoms with Crippen molar-refractivity contribution in [3.63, 3.8) is 0 Å². The van der Waals surface area contributed by atoms with Gasteiger partial charge in [-0.3, -0.25) is 0 Å². The van der Waals surface area contributed by atoms with Crippen molar-refractivity contribution in [2.75, 3.05) is 0 Å². The van der Waals surface area contributed by atoms with E-state index in [9.17, 15) is 10.4 Å². The molecule has 0 aliphatic heterocycles. The molecule has 2 heteroatoms. The Bertz CT molecular complexity index is 721. The molecular weight excluding hydrogens is 270 g/mol. The van der Waals surface area contributed by atoms with Gasteiger partial charge in [-0.25, -0.2) is 0 Å². The zero-order valence-electron chi connectivity index (χ0n) is 13.2. The Morgan fingerprint density at radius 3 is 2.45 bits per heavy atom. The highest BCUT2D eigenvalue weighted by Gasteiger charge is 2.13. The van der Waals surface area contributed by atoms with Gasteiger partial charge in [0.25, 0.3) is 0 Å². The second kappa shape index (κ2) is 6.95. The fourth-order valence-electron chi connectivity index (χ4n) is 2.66. The minimum atomic E-state index is 0.246. The third-order valence-electron chi connectivity index (χ3n) is 3.63. The predicted octanol–water partition coefficient (Wildman–Crippen LogP) is 5.00. The van der Waals surface area contributed by atoms with E-state index in [4.69, 9.17) is 0 Å². The maximum Gasteiger partial charge on any atom is 0.115 e. The van der Waals surface area contributed by atoms with E-state index in [-0.39, 0.29) is 5.75 Å². The van der Waals surface area contributed by atoms with E-state index in [0.29, 0.717) is 6.42 Å². The van der Waals surface area contributed by atoms with Crippen molar-refractivity contribution in [1.29, 1.82) is 5.26 Å². The molecule has 0 radical (unpaired) electrons. The van der Waals surface area contributed by atoms with Crippen molar-refractivity contribution >= 4 is 0 Å². The minimum absolute atomic E-state index is 0.246. The summed E-state index contributed by atoms with van der Waals surface area (Å²) in [6.07, 6.45) is 2.68. The molecule has 0 unspecified atom stereocenters. The largest absolute Gasteiger partial charge is 0.508 e. The summed E-state index contributed by atoms with van der Waals surface area (Å²) in [5, 5.41) is 19.0. The van der Waals surface area contributed by atoms with Crippen LogP contribution in [0.25, 0.3) is 11.1 Å². The minimum Gasteiger partial charge on any atom is -0.508 e. The molecule has 2 nitrogen and oxygen atoms in total. The zero-order valence-corrected chi connectivity index (χ0v) is 13.2. The second-order valence-electron chi connectivity index (χ2n) is 5.71. The van der Waals surface area contributed by atoms with Gasteiger partial charge in [-0.2, -0.15) is 5.26 Å². The maximum atomic E-state index is 9.52. The Kier molecular flexibility index (Phi) is 5.01. The smallest absolute Gasteiger partial charge is 0.115 e. The Labute approximate surface area is 132 Å². The highest BCUT2D eigenvalue weighted by Crippen LogP contribution is 2.31. The highest BCUT2D eigenvalue weighted by molar-refractivity contribution is 5.72. The third-order valence-corrected chi connectivity index (χ3v) is 3.63. The average Bonchev–Trinajstić information content (AvgIpc) is 2.49. The summed E-state index contributed by atoms with van der Waals surface area (Å²) >= 11 is 0. The molecule has 0 fully saturated rings. The number of nitriles is 1. The van der Waals surface area contributed by atoms with E-state index < -0.39 is 0 Å². The lowest BCUT2D eigenvalue weighted by Crippen LogP contribution is -1.99. The van der Waals surface area contributed by atoms with Crippen molar-refractivity contribution in [2.24, 2.45) is 0 Å². The number of nitrogens with zero attached hydrogens (tertiary/aromatic N) is 1. The molecular formula is C20H21NO. The van der Waals surface area contributed by atoms with Gasteiger partial charge in [0.15, 0.2) is 0 Å². The van der Waals surface area contributed by atoms with Crippen molar-refractivity contribution < 1.29 is 5.11 Å². The molecule has 0 aliphatic carbocycles. The monoisotopic (exact) mass is 291 g/mol. The molecule has 0 heterocycles. The van der Waals surface area contributed by atoms with Crippen molar-refractivity contribution in [3.8, 4) is 22.9 Å². The molecule has 0 spiro atoms. The summed E-state index contributed by atoms with van der Waals surface area (Å²) in [7, 11) is 0. The quantitative estimate of drug-likeness (QED) is 0.788. The predicted molar refractivity (Wildman–Crippen MR) is 90.8 cm³/mol. The highest BCUT2D eigenvalue weighted by atomic mass is 16.3. The molecule has 0 saturated heterocycles. The molecule has 0 saturated carbocycles. The van der Waals surface area contributed by atoms with Crippen LogP contribution in [-0.2, 0) is 12.8 Å². The normalized spacial score (nSPS) is 10.2. The standard InChI is InChI=1S/C20H21NO/c1-4-5-15-11-17(13-21)19(10-14(2)3)20(12-15)16-6-8-18(22)9-7-16/h6-9,11-12,22H,2,4-5,10H2,1,3H3. The van der Waals surface area contributed by atoms with E-state index in [1.54, 1.807) is 12.1 Å². The lowest BCUT2D eigenvalue weighted by Gasteiger charge is -2.15. The van der Waals surface area contributed by atoms with Gasteiger partial charge in [0.2, 0.25) is 0 Å². The number of phenols is 1. The molecule has 2 aromatic carbocycles. The fraction of sp³-hybridized carbons (Fsp3) is 0.250. The Morgan fingerprint density at radius 2 is 1.91 bits per heavy atom. The molecule has 112 valence electrons. The molecule has 0 aromatic heterocycles. The first-order valence-corrected chi connectivity index (χ1v) is 7.54. The fourth-order valence-corrected chi connectivity index (χ4v) is 2.66. The van der Waals surface area contributed by atoms with Crippen LogP contribution >= 0.6 is 0 Å². The van der Waals surface area contributed by atoms with Crippen molar-refractivity contribution in [1.82, 2.24) is 0 Å². The number of benzene rings is 2. The van der Waals surface area contributed by atoms with Gasteiger partial charge in [-0.1, -0.05) is 43.7 Å². The van der Waals surface area contributed by atoms with Crippen LogP contribution in [0.3, 0.4) is 0 Å². The zero-order chi connectivity index (χ0) is 16.1. The Balaban J connectivity index is 2.66. The van der Waals surface area contributed by atoms with Gasteiger partial charge in [0.05, 0.1) is 11.6 Å². The molecule has 0 aliphatic rings. The summed E-state index contributed by atoms with van der Waals surface area (Å²) < 4.78 is 0. The first kappa shape index (κ1) is 15.9. The van der Waals surface area contributed by atoms with Crippen molar-refractivity contribution in [2.45, 2.75) is 33.1 Å². The molecule has 1 N–H and O–H groups in total. The van der Waals surface area contributed by atoms with Crippen LogP contribution in [-0.4, -0.2) is 5.11 Å². The molecule has 0 amide bonds. The summed E-state index contributed by atoms with van der Waals surface area (Å²) in [6.45, 7) is 8.09. The van der Waals surface area contributed by atoms with Crippen LogP contribution in [0.1, 0.15) is 37.0 Å². The number of aromatic hydroxyl groups is 1. The Morgan fingerprint density at radius 1 is 1.23 bits per heavy atom. The second-order valence-corrected chi connectivity index (χ2v) is 5.71. The van der Waals surface area contributed by atoms with Crippen LogP contribution < -0.4 is 0 Å². The number of hydrogen-bond donors (Lipinski definition) is 1. The first-order chi connectivity index (χ1) is 10.5. The number of allylic oxidation sites excluding steroid dienone is 1. The number of aryl methyl sites for hydroxylation is 1. The van der Waals surface area contributed by atoms with Crippen LogP contribution in [0.5, 0.6) is 5.75 Å². The van der Waals surface area contributed by atoms with E-state index in [0.717, 1.165) is 40.7 Å². The Hall–Kier alpha value is -2.53. The molecule has 0 atom stereocenters. The first-order valence-electron chi connectivity index (χ1n) is 7.54. The van der Waals surface area contributed by atoms with Gasteiger partial charge in [-0.05, 0) is 60.2 Å². The molecule has 2 rings (SSSR count). The van der Waals surface area contributed by atoms with E-state index in [1.165, 1.54) is 5.56 Å². The lowest BCUT2D eigenvalue weighted by molar-refractivity contribution is 0.475. The molecule has 22 heavy (non-hydrogen) atoms. The van der Waals surface area contributed by atoms with Gasteiger partial charge < -0.3 is 5.11 Å².